The van der Waals surface area contributed by atoms with E-state index < -0.39 is 0 Å². The van der Waals surface area contributed by atoms with Crippen LogP contribution >= 0.6 is 11.6 Å². The molecule has 3 rings (SSSR count). The van der Waals surface area contributed by atoms with Gasteiger partial charge in [0.25, 0.3) is 5.91 Å². The van der Waals surface area contributed by atoms with Crippen LogP contribution in [0.2, 0.25) is 5.02 Å². The van der Waals surface area contributed by atoms with E-state index in [2.05, 4.69) is 27.6 Å². The summed E-state index contributed by atoms with van der Waals surface area (Å²) < 4.78 is 12.6. The highest BCUT2D eigenvalue weighted by Gasteiger charge is 2.12. The maximum absolute atomic E-state index is 12.8. The third-order valence-corrected chi connectivity index (χ3v) is 5.14. The van der Waals surface area contributed by atoms with E-state index in [0.717, 1.165) is 24.2 Å². The zero-order valence-electron chi connectivity index (χ0n) is 19.2. The number of halogens is 1. The summed E-state index contributed by atoms with van der Waals surface area (Å²) in [5.74, 6) is 1.15. The number of amides is 1. The van der Waals surface area contributed by atoms with Crippen LogP contribution in [0.15, 0.2) is 53.7 Å². The summed E-state index contributed by atoms with van der Waals surface area (Å²) in [7, 11) is 3.14. The van der Waals surface area contributed by atoms with E-state index in [9.17, 15) is 4.79 Å². The van der Waals surface area contributed by atoms with Gasteiger partial charge in [-0.25, -0.2) is 4.99 Å². The summed E-state index contributed by atoms with van der Waals surface area (Å²) in [6.07, 6.45) is 2.98. The monoisotopic (exact) mass is 469 g/mol. The lowest BCUT2D eigenvalue weighted by atomic mass is 10.2. The van der Waals surface area contributed by atoms with Crippen molar-refractivity contribution in [3.05, 3.63) is 70.5 Å². The first kappa shape index (κ1) is 24.1. The van der Waals surface area contributed by atoms with Crippen molar-refractivity contribution in [2.24, 2.45) is 4.99 Å². The normalized spacial score (nSPS) is 11.2. The molecule has 0 radical (unpaired) electrons. The first-order chi connectivity index (χ1) is 15.9. The highest BCUT2D eigenvalue weighted by atomic mass is 35.5. The molecular weight excluding hydrogens is 442 g/mol. The number of anilines is 1. The largest absolute Gasteiger partial charge is 0.493 e. The van der Waals surface area contributed by atoms with Gasteiger partial charge in [0.2, 0.25) is 5.96 Å². The Hall–Kier alpha value is -3.52. The molecule has 0 aliphatic rings. The zero-order chi connectivity index (χ0) is 23.8. The first-order valence-corrected chi connectivity index (χ1v) is 10.9. The predicted molar refractivity (Wildman–Crippen MR) is 130 cm³/mol. The fourth-order valence-electron chi connectivity index (χ4n) is 3.16. The minimum Gasteiger partial charge on any atom is -0.493 e. The molecule has 0 atom stereocenters. The van der Waals surface area contributed by atoms with Gasteiger partial charge in [-0.05, 0) is 49.7 Å². The van der Waals surface area contributed by atoms with Crippen LogP contribution in [-0.4, -0.2) is 35.9 Å². The number of rotatable bonds is 8. The molecule has 0 saturated carbocycles. The maximum atomic E-state index is 12.8. The molecule has 33 heavy (non-hydrogen) atoms. The van der Waals surface area contributed by atoms with Gasteiger partial charge in [-0.3, -0.25) is 14.8 Å². The standard InChI is InChI=1S/C24H28ClN5O3/c1-5-12-30-15-18(16(2)29-30)14-26-24(28-23(31)17-6-8-19(25)9-7-17)27-20-10-11-21(32-3)22(13-20)33-4/h6-11,13,15H,5,12,14H2,1-4H3,(H2,26,27,28,31). The number of methoxy groups -OCH3 is 2. The minimum atomic E-state index is -0.309. The second kappa shape index (κ2) is 11.4. The van der Waals surface area contributed by atoms with Crippen molar-refractivity contribution < 1.29 is 14.3 Å². The third kappa shape index (κ3) is 6.49. The molecule has 1 amide bonds. The van der Waals surface area contributed by atoms with Crippen LogP contribution in [-0.2, 0) is 13.1 Å². The molecule has 0 aliphatic heterocycles. The van der Waals surface area contributed by atoms with E-state index in [1.54, 1.807) is 50.6 Å². The van der Waals surface area contributed by atoms with Crippen molar-refractivity contribution in [3.8, 4) is 11.5 Å². The number of guanidine groups is 1. The second-order valence-electron chi connectivity index (χ2n) is 7.32. The highest BCUT2D eigenvalue weighted by Crippen LogP contribution is 2.29. The average molecular weight is 470 g/mol. The van der Waals surface area contributed by atoms with E-state index in [1.165, 1.54) is 0 Å². The van der Waals surface area contributed by atoms with Gasteiger partial charge in [0.05, 0.1) is 26.5 Å². The number of ether oxygens (including phenoxy) is 2. The van der Waals surface area contributed by atoms with Crippen molar-refractivity contribution in [2.75, 3.05) is 19.5 Å². The smallest absolute Gasteiger partial charge is 0.257 e. The van der Waals surface area contributed by atoms with Gasteiger partial charge >= 0.3 is 0 Å². The Kier molecular flexibility index (Phi) is 8.32. The van der Waals surface area contributed by atoms with Gasteiger partial charge in [-0.2, -0.15) is 5.10 Å². The maximum Gasteiger partial charge on any atom is 0.257 e. The van der Waals surface area contributed by atoms with Gasteiger partial charge in [0.15, 0.2) is 11.5 Å². The number of aryl methyl sites for hydroxylation is 2. The summed E-state index contributed by atoms with van der Waals surface area (Å²) in [5.41, 5.74) is 3.03. The number of carbonyl (C=O) groups is 1. The van der Waals surface area contributed by atoms with Crippen molar-refractivity contribution in [1.82, 2.24) is 15.1 Å². The molecule has 8 nitrogen and oxygen atoms in total. The summed E-state index contributed by atoms with van der Waals surface area (Å²) >= 11 is 5.94. The number of aliphatic imine (C=N–C) groups is 1. The molecule has 0 fully saturated rings. The molecule has 2 aromatic carbocycles. The van der Waals surface area contributed by atoms with E-state index in [4.69, 9.17) is 21.1 Å². The summed E-state index contributed by atoms with van der Waals surface area (Å²) in [6.45, 7) is 5.25. The van der Waals surface area contributed by atoms with Crippen LogP contribution in [0.3, 0.4) is 0 Å². The average Bonchev–Trinajstić information content (AvgIpc) is 3.16. The molecule has 0 bridgehead atoms. The van der Waals surface area contributed by atoms with Crippen LogP contribution in [0.4, 0.5) is 5.69 Å². The van der Waals surface area contributed by atoms with Crippen LogP contribution < -0.4 is 20.1 Å². The number of benzene rings is 2. The predicted octanol–water partition coefficient (Wildman–Crippen LogP) is 4.67. The van der Waals surface area contributed by atoms with Crippen LogP contribution in [0.25, 0.3) is 0 Å². The number of nitrogens with zero attached hydrogens (tertiary/aromatic N) is 3. The van der Waals surface area contributed by atoms with E-state index in [0.29, 0.717) is 40.3 Å². The van der Waals surface area contributed by atoms with Crippen LogP contribution in [0.5, 0.6) is 11.5 Å². The molecule has 0 spiro atoms. The highest BCUT2D eigenvalue weighted by molar-refractivity contribution is 6.30. The second-order valence-corrected chi connectivity index (χ2v) is 7.76. The van der Waals surface area contributed by atoms with Gasteiger partial charge in [-0.1, -0.05) is 18.5 Å². The lowest BCUT2D eigenvalue weighted by Crippen LogP contribution is -2.36. The first-order valence-electron chi connectivity index (χ1n) is 10.6. The molecule has 1 heterocycles. The topological polar surface area (TPSA) is 89.8 Å². The van der Waals surface area contributed by atoms with Crippen molar-refractivity contribution >= 4 is 29.2 Å². The van der Waals surface area contributed by atoms with Crippen molar-refractivity contribution in [3.63, 3.8) is 0 Å². The number of hydrogen-bond acceptors (Lipinski definition) is 5. The molecule has 0 saturated heterocycles. The van der Waals surface area contributed by atoms with Gasteiger partial charge in [-0.15, -0.1) is 0 Å². The molecule has 0 aliphatic carbocycles. The Balaban J connectivity index is 1.86. The summed E-state index contributed by atoms with van der Waals surface area (Å²) in [5, 5.41) is 11.1. The molecule has 3 aromatic rings. The number of hydrogen-bond donors (Lipinski definition) is 2. The third-order valence-electron chi connectivity index (χ3n) is 4.89. The minimum absolute atomic E-state index is 0.296. The van der Waals surface area contributed by atoms with E-state index in [-0.39, 0.29) is 5.91 Å². The number of nitrogens with one attached hydrogen (secondary N) is 2. The molecular formula is C24H28ClN5O3. The SMILES string of the molecule is CCCn1cc(CN=C(NC(=O)c2ccc(Cl)cc2)Nc2ccc(OC)c(OC)c2)c(C)n1. The Morgan fingerprint density at radius 3 is 2.52 bits per heavy atom. The number of aromatic nitrogens is 2. The molecule has 9 heteroatoms. The Morgan fingerprint density at radius 1 is 1.12 bits per heavy atom. The fourth-order valence-corrected chi connectivity index (χ4v) is 3.29. The molecule has 0 unspecified atom stereocenters. The van der Waals surface area contributed by atoms with E-state index in [1.807, 2.05) is 23.9 Å². The van der Waals surface area contributed by atoms with Gasteiger partial charge in [0, 0.05) is 40.6 Å². The lowest BCUT2D eigenvalue weighted by molar-refractivity contribution is 0.0977. The number of carbonyl (C=O) groups excluding carboxylic acids is 1. The van der Waals surface area contributed by atoms with Crippen LogP contribution in [0.1, 0.15) is 35.0 Å². The van der Waals surface area contributed by atoms with Gasteiger partial charge in [0.1, 0.15) is 0 Å². The van der Waals surface area contributed by atoms with Gasteiger partial charge < -0.3 is 14.8 Å². The Bertz CT molecular complexity index is 1130. The van der Waals surface area contributed by atoms with Crippen molar-refractivity contribution in [1.29, 1.82) is 0 Å². The zero-order valence-corrected chi connectivity index (χ0v) is 19.9. The van der Waals surface area contributed by atoms with Crippen molar-refractivity contribution in [2.45, 2.75) is 33.4 Å². The summed E-state index contributed by atoms with van der Waals surface area (Å²) in [6, 6.07) is 12.0. The Labute approximate surface area is 198 Å². The van der Waals surface area contributed by atoms with E-state index >= 15 is 0 Å². The molecule has 2 N–H and O–H groups in total. The lowest BCUT2D eigenvalue weighted by Gasteiger charge is -2.14. The van der Waals surface area contributed by atoms with Crippen LogP contribution in [0, 0.1) is 6.92 Å². The molecule has 1 aromatic heterocycles. The fraction of sp³-hybridized carbons (Fsp3) is 0.292. The Morgan fingerprint density at radius 2 is 1.85 bits per heavy atom. The quantitative estimate of drug-likeness (QED) is 0.369. The summed E-state index contributed by atoms with van der Waals surface area (Å²) in [4.78, 5) is 17.4. The molecule has 174 valence electrons.